The normalized spacial score (nSPS) is 14.6. The molecule has 0 saturated carbocycles. The minimum Gasteiger partial charge on any atom is -0.497 e. The summed E-state index contributed by atoms with van der Waals surface area (Å²) in [5.74, 6) is 0.852. The summed E-state index contributed by atoms with van der Waals surface area (Å²) in [6.45, 7) is 3.81. The van der Waals surface area contributed by atoms with E-state index in [0.717, 1.165) is 46.5 Å². The highest BCUT2D eigenvalue weighted by Gasteiger charge is 2.24. The van der Waals surface area contributed by atoms with E-state index < -0.39 is 0 Å². The van der Waals surface area contributed by atoms with Gasteiger partial charge in [0.15, 0.2) is 0 Å². The third kappa shape index (κ3) is 5.23. The molecule has 0 bridgehead atoms. The number of piperazine rings is 1. The fraction of sp³-hybridized carbons (Fsp3) is 0.304. The van der Waals surface area contributed by atoms with Gasteiger partial charge in [-0.1, -0.05) is 11.6 Å². The second-order valence-corrected chi connectivity index (χ2v) is 9.43. The van der Waals surface area contributed by atoms with Crippen LogP contribution in [-0.2, 0) is 6.54 Å². The van der Waals surface area contributed by atoms with Crippen molar-refractivity contribution < 1.29 is 9.53 Å². The summed E-state index contributed by atoms with van der Waals surface area (Å²) in [6, 6.07) is 13.6. The average molecular weight is 474 g/mol. The third-order valence-electron chi connectivity index (χ3n) is 5.34. The van der Waals surface area contributed by atoms with Crippen LogP contribution in [0.5, 0.6) is 5.75 Å². The topological polar surface area (TPSA) is 45.7 Å². The van der Waals surface area contributed by atoms with E-state index >= 15 is 0 Å². The van der Waals surface area contributed by atoms with E-state index in [1.165, 1.54) is 0 Å². The van der Waals surface area contributed by atoms with Gasteiger partial charge in [0.05, 0.1) is 23.4 Å². The van der Waals surface area contributed by atoms with E-state index in [9.17, 15) is 4.79 Å². The molecule has 0 unspecified atom stereocenters. The highest BCUT2D eigenvalue weighted by Crippen LogP contribution is 2.27. The number of hydrogen-bond donors (Lipinski definition) is 0. The number of aromatic nitrogens is 1. The van der Waals surface area contributed by atoms with Crippen LogP contribution in [0.3, 0.4) is 0 Å². The quantitative estimate of drug-likeness (QED) is 0.463. The Morgan fingerprint density at radius 3 is 2.58 bits per heavy atom. The maximum atomic E-state index is 13.0. The van der Waals surface area contributed by atoms with Crippen molar-refractivity contribution >= 4 is 40.6 Å². The first kappa shape index (κ1) is 22.1. The number of thioether (sulfide) groups is 1. The molecule has 162 valence electrons. The van der Waals surface area contributed by atoms with Crippen molar-refractivity contribution in [3.05, 3.63) is 64.1 Å². The molecule has 1 amide bonds. The Hall–Kier alpha value is -2.06. The van der Waals surface area contributed by atoms with Crippen molar-refractivity contribution in [3.63, 3.8) is 0 Å². The Morgan fingerprint density at radius 1 is 1.16 bits per heavy atom. The van der Waals surface area contributed by atoms with Crippen molar-refractivity contribution in [2.45, 2.75) is 11.4 Å². The highest BCUT2D eigenvalue weighted by atomic mass is 35.5. The van der Waals surface area contributed by atoms with Crippen LogP contribution in [0.1, 0.15) is 16.1 Å². The summed E-state index contributed by atoms with van der Waals surface area (Å²) in [5.41, 5.74) is 2.74. The van der Waals surface area contributed by atoms with Gasteiger partial charge in [-0.15, -0.1) is 23.1 Å². The van der Waals surface area contributed by atoms with Crippen LogP contribution in [-0.4, -0.2) is 60.2 Å². The summed E-state index contributed by atoms with van der Waals surface area (Å²) >= 11 is 9.55. The Balaban J connectivity index is 1.34. The van der Waals surface area contributed by atoms with Gasteiger partial charge in [-0.2, -0.15) is 0 Å². The molecule has 0 spiro atoms. The van der Waals surface area contributed by atoms with E-state index in [1.54, 1.807) is 36.3 Å². The summed E-state index contributed by atoms with van der Waals surface area (Å²) in [7, 11) is 1.67. The predicted octanol–water partition coefficient (Wildman–Crippen LogP) is 5.15. The highest BCUT2D eigenvalue weighted by molar-refractivity contribution is 7.98. The first-order valence-electron chi connectivity index (χ1n) is 10.0. The number of thiazole rings is 1. The zero-order chi connectivity index (χ0) is 21.8. The maximum absolute atomic E-state index is 13.0. The Bertz CT molecular complexity index is 1050. The van der Waals surface area contributed by atoms with E-state index in [2.05, 4.69) is 10.3 Å². The molecule has 3 aromatic rings. The molecule has 4 rings (SSSR count). The fourth-order valence-electron chi connectivity index (χ4n) is 3.55. The van der Waals surface area contributed by atoms with Crippen molar-refractivity contribution in [1.29, 1.82) is 0 Å². The standard InChI is InChI=1S/C23H24ClN3O2S2/c1-29-18-5-3-16(4-6-18)22-25-17(15-31-22)14-26-9-11-27(12-10-26)23(28)20-13-19(30-2)7-8-21(20)24/h3-8,13,15H,9-12,14H2,1-2H3. The van der Waals surface area contributed by atoms with Crippen molar-refractivity contribution in [1.82, 2.24) is 14.8 Å². The van der Waals surface area contributed by atoms with Gasteiger partial charge < -0.3 is 9.64 Å². The number of carbonyl (C=O) groups excluding carboxylic acids is 1. The molecule has 1 aliphatic heterocycles. The average Bonchev–Trinajstić information content (AvgIpc) is 3.28. The Morgan fingerprint density at radius 2 is 1.90 bits per heavy atom. The molecule has 2 aromatic carbocycles. The fourth-order valence-corrected chi connectivity index (χ4v) is 5.00. The number of ether oxygens (including phenoxy) is 1. The van der Waals surface area contributed by atoms with E-state index in [0.29, 0.717) is 23.7 Å². The first-order valence-corrected chi connectivity index (χ1v) is 12.5. The number of nitrogens with zero attached hydrogens (tertiary/aromatic N) is 3. The molecule has 1 aromatic heterocycles. The van der Waals surface area contributed by atoms with Crippen LogP contribution in [0.15, 0.2) is 52.7 Å². The van der Waals surface area contributed by atoms with E-state index in [4.69, 9.17) is 21.3 Å². The summed E-state index contributed by atoms with van der Waals surface area (Å²) in [6.07, 6.45) is 1.99. The van der Waals surface area contributed by atoms with Crippen LogP contribution in [0.2, 0.25) is 5.02 Å². The molecule has 5 nitrogen and oxygen atoms in total. The number of methoxy groups -OCH3 is 1. The number of hydrogen-bond acceptors (Lipinski definition) is 6. The molecule has 1 fully saturated rings. The Kier molecular flexibility index (Phi) is 7.17. The van der Waals surface area contributed by atoms with Gasteiger partial charge >= 0.3 is 0 Å². The van der Waals surface area contributed by atoms with Crippen molar-refractivity contribution in [2.75, 3.05) is 39.5 Å². The Labute approximate surface area is 196 Å². The molecular formula is C23H24ClN3O2S2. The van der Waals surface area contributed by atoms with Gasteiger partial charge in [0.1, 0.15) is 10.8 Å². The monoisotopic (exact) mass is 473 g/mol. The molecule has 0 atom stereocenters. The lowest BCUT2D eigenvalue weighted by Crippen LogP contribution is -2.48. The molecule has 1 saturated heterocycles. The molecule has 1 aliphatic rings. The molecule has 0 N–H and O–H groups in total. The smallest absolute Gasteiger partial charge is 0.255 e. The summed E-state index contributed by atoms with van der Waals surface area (Å²) < 4.78 is 5.22. The minimum atomic E-state index is 0.0102. The largest absolute Gasteiger partial charge is 0.497 e. The van der Waals surface area contributed by atoms with E-state index in [-0.39, 0.29) is 5.91 Å². The number of benzene rings is 2. The molecule has 8 heteroatoms. The van der Waals surface area contributed by atoms with Gasteiger partial charge in [-0.3, -0.25) is 9.69 Å². The van der Waals surface area contributed by atoms with Crippen LogP contribution in [0.4, 0.5) is 0 Å². The number of rotatable bonds is 6. The van der Waals surface area contributed by atoms with Crippen LogP contribution in [0, 0.1) is 0 Å². The van der Waals surface area contributed by atoms with Crippen LogP contribution in [0.25, 0.3) is 10.6 Å². The lowest BCUT2D eigenvalue weighted by atomic mass is 10.1. The van der Waals surface area contributed by atoms with Crippen molar-refractivity contribution in [3.8, 4) is 16.3 Å². The van der Waals surface area contributed by atoms with Gasteiger partial charge in [0.2, 0.25) is 0 Å². The molecular weight excluding hydrogens is 450 g/mol. The van der Waals surface area contributed by atoms with Gasteiger partial charge in [-0.05, 0) is 48.7 Å². The van der Waals surface area contributed by atoms with Gasteiger partial charge in [0.25, 0.3) is 5.91 Å². The second-order valence-electron chi connectivity index (χ2n) is 7.29. The first-order chi connectivity index (χ1) is 15.1. The number of carbonyl (C=O) groups is 1. The van der Waals surface area contributed by atoms with Crippen LogP contribution < -0.4 is 4.74 Å². The molecule has 0 aliphatic carbocycles. The molecule has 2 heterocycles. The minimum absolute atomic E-state index is 0.0102. The number of halogens is 1. The van der Waals surface area contributed by atoms with E-state index in [1.807, 2.05) is 47.6 Å². The summed E-state index contributed by atoms with van der Waals surface area (Å²) in [4.78, 5) is 23.0. The molecule has 0 radical (unpaired) electrons. The SMILES string of the molecule is COc1ccc(-c2nc(CN3CCN(C(=O)c4cc(SC)ccc4Cl)CC3)cs2)cc1. The van der Waals surface area contributed by atoms with Gasteiger partial charge in [-0.25, -0.2) is 4.98 Å². The zero-order valence-corrected chi connectivity index (χ0v) is 19.9. The lowest BCUT2D eigenvalue weighted by molar-refractivity contribution is 0.0627. The second kappa shape index (κ2) is 10.0. The van der Waals surface area contributed by atoms with Gasteiger partial charge in [0, 0.05) is 48.6 Å². The predicted molar refractivity (Wildman–Crippen MR) is 129 cm³/mol. The zero-order valence-electron chi connectivity index (χ0n) is 17.5. The van der Waals surface area contributed by atoms with Crippen molar-refractivity contribution in [2.24, 2.45) is 0 Å². The summed E-state index contributed by atoms with van der Waals surface area (Å²) in [5, 5.41) is 3.64. The molecule has 31 heavy (non-hydrogen) atoms. The maximum Gasteiger partial charge on any atom is 0.255 e. The lowest BCUT2D eigenvalue weighted by Gasteiger charge is -2.34. The van der Waals surface area contributed by atoms with Crippen LogP contribution >= 0.6 is 34.7 Å². The third-order valence-corrected chi connectivity index (χ3v) is 7.33. The number of amides is 1.